The van der Waals surface area contributed by atoms with E-state index in [2.05, 4.69) is 36.3 Å². The molecule has 0 aliphatic carbocycles. The van der Waals surface area contributed by atoms with Crippen molar-refractivity contribution in [2.75, 3.05) is 44.7 Å². The van der Waals surface area contributed by atoms with Gasteiger partial charge in [0.1, 0.15) is 12.1 Å². The quantitative estimate of drug-likeness (QED) is 0.797. The summed E-state index contributed by atoms with van der Waals surface area (Å²) in [6, 6.07) is 2.12. The number of anilines is 1. The number of aromatic nitrogens is 4. The molecule has 24 heavy (non-hydrogen) atoms. The van der Waals surface area contributed by atoms with Crippen LogP contribution in [0.25, 0.3) is 11.0 Å². The van der Waals surface area contributed by atoms with Gasteiger partial charge in [0, 0.05) is 33.2 Å². The van der Waals surface area contributed by atoms with Crippen LogP contribution in [0.15, 0.2) is 12.5 Å². The lowest BCUT2D eigenvalue weighted by Crippen LogP contribution is -2.49. The topological polar surface area (TPSA) is 103 Å². The Bertz CT molecular complexity index is 756. The third-order valence-electron chi connectivity index (χ3n) is 4.17. The van der Waals surface area contributed by atoms with Gasteiger partial charge in [-0.3, -0.25) is 9.69 Å². The van der Waals surface area contributed by atoms with Crippen LogP contribution in [0.4, 0.5) is 5.82 Å². The fourth-order valence-corrected chi connectivity index (χ4v) is 2.85. The van der Waals surface area contributed by atoms with Crippen LogP contribution in [0.1, 0.15) is 6.42 Å². The molecule has 0 unspecified atom stereocenters. The SMILES string of the molecule is CNC(=O)CN1CCN(c2ncnc3c2cnn3CCC#N)CC1. The number of nitrogens with zero attached hydrogens (tertiary/aromatic N) is 7. The normalized spacial score (nSPS) is 15.4. The van der Waals surface area contributed by atoms with Crippen LogP contribution in [-0.4, -0.2) is 70.3 Å². The van der Waals surface area contributed by atoms with Crippen molar-refractivity contribution in [3.05, 3.63) is 12.5 Å². The molecule has 126 valence electrons. The number of hydrogen-bond donors (Lipinski definition) is 1. The second-order valence-corrected chi connectivity index (χ2v) is 5.65. The zero-order chi connectivity index (χ0) is 16.9. The van der Waals surface area contributed by atoms with Crippen LogP contribution in [-0.2, 0) is 11.3 Å². The van der Waals surface area contributed by atoms with Crippen molar-refractivity contribution in [3.8, 4) is 6.07 Å². The first-order valence-corrected chi connectivity index (χ1v) is 7.94. The molecule has 1 fully saturated rings. The molecule has 1 saturated heterocycles. The summed E-state index contributed by atoms with van der Waals surface area (Å²) in [7, 11) is 1.65. The molecular weight excluding hydrogens is 308 g/mol. The van der Waals surface area contributed by atoms with Gasteiger partial charge < -0.3 is 10.2 Å². The van der Waals surface area contributed by atoms with E-state index in [1.165, 1.54) is 0 Å². The highest BCUT2D eigenvalue weighted by Gasteiger charge is 2.22. The summed E-state index contributed by atoms with van der Waals surface area (Å²) in [6.07, 6.45) is 3.70. The molecule has 0 saturated carbocycles. The second kappa shape index (κ2) is 7.23. The molecule has 9 heteroatoms. The van der Waals surface area contributed by atoms with Crippen molar-refractivity contribution in [1.82, 2.24) is 30.0 Å². The first-order chi connectivity index (χ1) is 11.7. The number of amides is 1. The zero-order valence-corrected chi connectivity index (χ0v) is 13.6. The number of fused-ring (bicyclic) bond motifs is 1. The van der Waals surface area contributed by atoms with E-state index in [0.717, 1.165) is 43.0 Å². The minimum absolute atomic E-state index is 0.0339. The Kier molecular flexibility index (Phi) is 4.86. The third-order valence-corrected chi connectivity index (χ3v) is 4.17. The molecule has 0 bridgehead atoms. The third kappa shape index (κ3) is 3.28. The molecule has 0 atom stereocenters. The highest BCUT2D eigenvalue weighted by atomic mass is 16.1. The van der Waals surface area contributed by atoms with E-state index in [4.69, 9.17) is 5.26 Å². The van der Waals surface area contributed by atoms with Gasteiger partial charge in [0.15, 0.2) is 5.65 Å². The fourth-order valence-electron chi connectivity index (χ4n) is 2.85. The highest BCUT2D eigenvalue weighted by molar-refractivity contribution is 5.86. The van der Waals surface area contributed by atoms with Gasteiger partial charge in [0.2, 0.25) is 5.91 Å². The Balaban J connectivity index is 1.73. The lowest BCUT2D eigenvalue weighted by Gasteiger charge is -2.35. The maximum absolute atomic E-state index is 11.5. The average molecular weight is 328 g/mol. The number of piperazine rings is 1. The Morgan fingerprint density at radius 2 is 2.12 bits per heavy atom. The minimum Gasteiger partial charge on any atom is -0.358 e. The predicted molar refractivity (Wildman–Crippen MR) is 88.3 cm³/mol. The fraction of sp³-hybridized carbons (Fsp3) is 0.533. The van der Waals surface area contributed by atoms with Crippen LogP contribution >= 0.6 is 0 Å². The van der Waals surface area contributed by atoms with Gasteiger partial charge in [-0.2, -0.15) is 10.4 Å². The van der Waals surface area contributed by atoms with Crippen LogP contribution in [0.5, 0.6) is 0 Å². The van der Waals surface area contributed by atoms with Crippen molar-refractivity contribution in [1.29, 1.82) is 5.26 Å². The van der Waals surface area contributed by atoms with Gasteiger partial charge in [-0.25, -0.2) is 14.6 Å². The highest BCUT2D eigenvalue weighted by Crippen LogP contribution is 2.23. The lowest BCUT2D eigenvalue weighted by atomic mass is 10.2. The van der Waals surface area contributed by atoms with Gasteiger partial charge in [-0.1, -0.05) is 0 Å². The average Bonchev–Trinajstić information content (AvgIpc) is 3.03. The predicted octanol–water partition coefficient (Wildman–Crippen LogP) is -0.392. The van der Waals surface area contributed by atoms with E-state index in [1.54, 1.807) is 24.3 Å². The molecule has 0 radical (unpaired) electrons. The molecule has 0 aromatic carbocycles. The molecule has 1 aliphatic rings. The lowest BCUT2D eigenvalue weighted by molar-refractivity contribution is -0.121. The second-order valence-electron chi connectivity index (χ2n) is 5.65. The van der Waals surface area contributed by atoms with Crippen molar-refractivity contribution >= 4 is 22.8 Å². The summed E-state index contributed by atoms with van der Waals surface area (Å²) in [5.41, 5.74) is 0.753. The van der Waals surface area contributed by atoms with Crippen molar-refractivity contribution < 1.29 is 4.79 Å². The number of aryl methyl sites for hydroxylation is 1. The smallest absolute Gasteiger partial charge is 0.233 e. The Morgan fingerprint density at radius 3 is 2.83 bits per heavy atom. The number of nitriles is 1. The number of nitrogens with one attached hydrogen (secondary N) is 1. The van der Waals surface area contributed by atoms with Gasteiger partial charge in [0.05, 0.1) is 37.2 Å². The first kappa shape index (κ1) is 16.1. The van der Waals surface area contributed by atoms with E-state index in [0.29, 0.717) is 19.5 Å². The van der Waals surface area contributed by atoms with E-state index >= 15 is 0 Å². The maximum atomic E-state index is 11.5. The van der Waals surface area contributed by atoms with E-state index in [-0.39, 0.29) is 5.91 Å². The standard InChI is InChI=1S/C15H20N8O/c1-17-13(24)10-21-5-7-22(8-6-21)14-12-9-20-23(4-2-3-16)15(12)19-11-18-14/h9,11H,2,4-8,10H2,1H3,(H,17,24). The van der Waals surface area contributed by atoms with Crippen LogP contribution in [0.3, 0.4) is 0 Å². The van der Waals surface area contributed by atoms with Crippen LogP contribution < -0.4 is 10.2 Å². The molecule has 0 spiro atoms. The Morgan fingerprint density at radius 1 is 1.33 bits per heavy atom. The van der Waals surface area contributed by atoms with Crippen LogP contribution in [0.2, 0.25) is 0 Å². The summed E-state index contributed by atoms with van der Waals surface area (Å²) in [5, 5.41) is 16.6. The Hall–Kier alpha value is -2.73. The molecular formula is C15H20N8O. The first-order valence-electron chi connectivity index (χ1n) is 7.94. The number of carbonyl (C=O) groups excluding carboxylic acids is 1. The van der Waals surface area contributed by atoms with Crippen molar-refractivity contribution in [2.45, 2.75) is 13.0 Å². The van der Waals surface area contributed by atoms with Gasteiger partial charge in [-0.15, -0.1) is 0 Å². The molecule has 3 rings (SSSR count). The largest absolute Gasteiger partial charge is 0.358 e. The number of likely N-dealkylation sites (N-methyl/N-ethyl adjacent to an activating group) is 1. The summed E-state index contributed by atoms with van der Waals surface area (Å²) in [4.78, 5) is 24.5. The molecule has 1 amide bonds. The molecule has 1 aliphatic heterocycles. The molecule has 9 nitrogen and oxygen atoms in total. The van der Waals surface area contributed by atoms with Gasteiger partial charge in [0.25, 0.3) is 0 Å². The number of rotatable bonds is 5. The number of hydrogen-bond acceptors (Lipinski definition) is 7. The van der Waals surface area contributed by atoms with Crippen molar-refractivity contribution in [2.24, 2.45) is 0 Å². The number of carbonyl (C=O) groups is 1. The van der Waals surface area contributed by atoms with Crippen molar-refractivity contribution in [3.63, 3.8) is 0 Å². The molecule has 2 aromatic rings. The van der Waals surface area contributed by atoms with Crippen LogP contribution in [0, 0.1) is 11.3 Å². The Labute approximate surface area is 139 Å². The summed E-state index contributed by atoms with van der Waals surface area (Å²) >= 11 is 0. The summed E-state index contributed by atoms with van der Waals surface area (Å²) < 4.78 is 1.74. The summed E-state index contributed by atoms with van der Waals surface area (Å²) in [6.45, 7) is 4.16. The monoisotopic (exact) mass is 328 g/mol. The molecule has 3 heterocycles. The van der Waals surface area contributed by atoms with Gasteiger partial charge in [-0.05, 0) is 0 Å². The zero-order valence-electron chi connectivity index (χ0n) is 13.6. The van der Waals surface area contributed by atoms with Gasteiger partial charge >= 0.3 is 0 Å². The van der Waals surface area contributed by atoms with E-state index in [1.807, 2.05) is 0 Å². The molecule has 2 aromatic heterocycles. The molecule has 1 N–H and O–H groups in total. The van der Waals surface area contributed by atoms with E-state index < -0.39 is 0 Å². The van der Waals surface area contributed by atoms with E-state index in [9.17, 15) is 4.79 Å². The maximum Gasteiger partial charge on any atom is 0.233 e. The minimum atomic E-state index is 0.0339. The summed E-state index contributed by atoms with van der Waals surface area (Å²) in [5.74, 6) is 0.898.